The molecule has 1 saturated heterocycles. The molecule has 4 unspecified atom stereocenters. The maximum atomic E-state index is 13.4. The number of rotatable bonds is 13. The Morgan fingerprint density at radius 1 is 0.727 bits per heavy atom. The summed E-state index contributed by atoms with van der Waals surface area (Å²) in [7, 11) is -6.63. The van der Waals surface area contributed by atoms with Gasteiger partial charge in [-0.05, 0) is 30.8 Å². The third-order valence-corrected chi connectivity index (χ3v) is 20.7. The van der Waals surface area contributed by atoms with E-state index >= 15 is 0 Å². The van der Waals surface area contributed by atoms with Crippen molar-refractivity contribution in [2.45, 2.75) is 75.7 Å². The van der Waals surface area contributed by atoms with E-state index in [0.717, 1.165) is 20.7 Å². The second-order valence-electron chi connectivity index (χ2n) is 16.1. The third-order valence-electron chi connectivity index (χ3n) is 10.7. The molecule has 2 heterocycles. The van der Waals surface area contributed by atoms with Gasteiger partial charge < -0.3 is 23.5 Å². The lowest BCUT2D eigenvalue weighted by molar-refractivity contribution is -0.155. The van der Waals surface area contributed by atoms with Crippen molar-refractivity contribution in [2.24, 2.45) is 5.16 Å². The van der Waals surface area contributed by atoms with Crippen molar-refractivity contribution >= 4 is 44.1 Å². The molecule has 1 aliphatic heterocycles. The van der Waals surface area contributed by atoms with E-state index in [9.17, 15) is 14.7 Å². The number of aliphatic hydroxyl groups excluding tert-OH is 1. The molecule has 6 rings (SSSR count). The molecule has 10 nitrogen and oxygen atoms in total. The molecule has 4 aromatic carbocycles. The molecule has 0 spiro atoms. The zero-order valence-electron chi connectivity index (χ0n) is 32.3. The van der Waals surface area contributed by atoms with Crippen LogP contribution in [0.3, 0.4) is 0 Å². The monoisotopic (exact) mass is 777 g/mol. The second-order valence-corrected chi connectivity index (χ2v) is 24.7. The highest BCUT2D eigenvalue weighted by molar-refractivity contribution is 7.00. The molecule has 4 atom stereocenters. The zero-order chi connectivity index (χ0) is 39.5. The summed E-state index contributed by atoms with van der Waals surface area (Å²) >= 11 is 0. The van der Waals surface area contributed by atoms with Gasteiger partial charge in [-0.2, -0.15) is 0 Å². The summed E-state index contributed by atoms with van der Waals surface area (Å²) < 4.78 is 23.4. The van der Waals surface area contributed by atoms with E-state index in [4.69, 9.17) is 18.4 Å². The van der Waals surface area contributed by atoms with Gasteiger partial charge in [-0.1, -0.05) is 163 Å². The van der Waals surface area contributed by atoms with Crippen LogP contribution < -0.4 is 32.0 Å². The molecule has 0 amide bonds. The van der Waals surface area contributed by atoms with Crippen LogP contribution in [0, 0.1) is 0 Å². The van der Waals surface area contributed by atoms with Gasteiger partial charge in [0, 0.05) is 19.0 Å². The van der Waals surface area contributed by atoms with E-state index in [1.807, 2.05) is 72.8 Å². The zero-order valence-corrected chi connectivity index (χ0v) is 34.3. The number of nitrogens with zero attached hydrogens (tertiary/aromatic N) is 2. The molecular formula is C43H51N3O7Si2. The summed E-state index contributed by atoms with van der Waals surface area (Å²) in [5.41, 5.74) is -2.89. The van der Waals surface area contributed by atoms with Gasteiger partial charge in [0.2, 0.25) is 0 Å². The lowest BCUT2D eigenvalue weighted by Gasteiger charge is -2.49. The number of oxime groups is 1. The van der Waals surface area contributed by atoms with Crippen molar-refractivity contribution < 1.29 is 23.5 Å². The normalized spacial score (nSPS) is 20.6. The molecule has 288 valence electrons. The molecule has 1 fully saturated rings. The van der Waals surface area contributed by atoms with Crippen molar-refractivity contribution in [3.63, 3.8) is 0 Å². The van der Waals surface area contributed by atoms with Gasteiger partial charge in [0.25, 0.3) is 22.2 Å². The predicted octanol–water partition coefficient (Wildman–Crippen LogP) is 4.32. The van der Waals surface area contributed by atoms with Crippen molar-refractivity contribution in [3.05, 3.63) is 154 Å². The summed E-state index contributed by atoms with van der Waals surface area (Å²) in [5, 5.41) is 19.6. The number of ether oxygens (including phenoxy) is 1. The van der Waals surface area contributed by atoms with Gasteiger partial charge >= 0.3 is 5.69 Å². The topological polar surface area (TPSA) is 124 Å². The van der Waals surface area contributed by atoms with Crippen molar-refractivity contribution in [2.75, 3.05) is 13.2 Å². The largest absolute Gasteiger partial charge is 0.404 e. The first-order valence-electron chi connectivity index (χ1n) is 18.5. The Hall–Kier alpha value is -4.70. The first-order chi connectivity index (χ1) is 26.2. The van der Waals surface area contributed by atoms with E-state index in [1.54, 1.807) is 0 Å². The molecule has 1 aliphatic rings. The molecule has 0 bridgehead atoms. The molecule has 0 radical (unpaired) electrons. The van der Waals surface area contributed by atoms with Gasteiger partial charge in [0.15, 0.2) is 18.4 Å². The van der Waals surface area contributed by atoms with Crippen LogP contribution in [0.2, 0.25) is 10.1 Å². The average molecular weight is 778 g/mol. The first-order valence-corrected chi connectivity index (χ1v) is 22.3. The molecule has 55 heavy (non-hydrogen) atoms. The Balaban J connectivity index is 1.61. The fourth-order valence-corrected chi connectivity index (χ4v) is 17.5. The Bertz CT molecular complexity index is 2080. The summed E-state index contributed by atoms with van der Waals surface area (Å²) in [6.45, 7) is 16.2. The number of aliphatic hydroxyl groups is 1. The molecule has 0 aliphatic carbocycles. The maximum absolute atomic E-state index is 13.4. The molecule has 2 N–H and O–H groups in total. The van der Waals surface area contributed by atoms with E-state index in [2.05, 4.69) is 107 Å². The fourth-order valence-electron chi connectivity index (χ4n) is 8.17. The van der Waals surface area contributed by atoms with Crippen molar-refractivity contribution in [1.29, 1.82) is 0 Å². The van der Waals surface area contributed by atoms with Crippen LogP contribution in [-0.2, 0) is 18.4 Å². The predicted molar refractivity (Wildman–Crippen MR) is 222 cm³/mol. The standard InChI is InChI=1S/C43H51N3O7Si2/c1-41(2,3)54(32-20-12-8-13-21-32,33-22-14-9-15-23-33)51-31-43(30-50-44-7)38(37(48)39(52-43)46-29-28-36(47)45-40(46)49)53-55(42(4,5)6,34-24-16-10-17-25-34)35-26-18-11-19-27-35/h8-29,37-39,48H,7,30-31H2,1-6H3,(H,45,47,49). The minimum atomic E-state index is -3.41. The number of aromatic nitrogens is 2. The smallest absolute Gasteiger partial charge is 0.330 e. The number of aromatic amines is 1. The SMILES string of the molecule is C=NOCC1(CO[Si](c2ccccc2)(c2ccccc2)C(C)(C)C)OC(n2ccc(=O)[nH]c2=O)C(O)C1O[Si](c1ccccc1)(c1ccccc1)C(C)(C)C. The van der Waals surface area contributed by atoms with Crippen LogP contribution in [0.4, 0.5) is 0 Å². The van der Waals surface area contributed by atoms with Gasteiger partial charge in [-0.3, -0.25) is 14.3 Å². The number of hydrogen-bond donors (Lipinski definition) is 2. The van der Waals surface area contributed by atoms with Crippen LogP contribution in [0.15, 0.2) is 148 Å². The Morgan fingerprint density at radius 3 is 1.56 bits per heavy atom. The molecule has 5 aromatic rings. The molecule has 1 aromatic heterocycles. The van der Waals surface area contributed by atoms with Crippen LogP contribution in [0.25, 0.3) is 0 Å². The molecule has 0 saturated carbocycles. The Kier molecular flexibility index (Phi) is 11.5. The maximum Gasteiger partial charge on any atom is 0.330 e. The minimum absolute atomic E-state index is 0.121. The first kappa shape index (κ1) is 40.0. The number of H-pyrrole nitrogens is 1. The van der Waals surface area contributed by atoms with E-state index < -0.39 is 62.0 Å². The third kappa shape index (κ3) is 7.38. The highest BCUT2D eigenvalue weighted by Gasteiger charge is 2.64. The fraction of sp³-hybridized carbons (Fsp3) is 0.326. The lowest BCUT2D eigenvalue weighted by Crippen LogP contribution is -2.72. The number of benzene rings is 4. The number of hydrogen-bond acceptors (Lipinski definition) is 8. The Labute approximate surface area is 324 Å². The number of nitrogens with one attached hydrogen (secondary N) is 1. The summed E-state index contributed by atoms with van der Waals surface area (Å²) in [4.78, 5) is 33.7. The highest BCUT2D eigenvalue weighted by Crippen LogP contribution is 2.46. The van der Waals surface area contributed by atoms with Crippen LogP contribution in [0.1, 0.15) is 47.8 Å². The van der Waals surface area contributed by atoms with Crippen LogP contribution in [-0.4, -0.2) is 69.0 Å². The summed E-state index contributed by atoms with van der Waals surface area (Å²) in [6.07, 6.45) is -2.58. The molecule has 12 heteroatoms. The average Bonchev–Trinajstić information content (AvgIpc) is 3.43. The molecular weight excluding hydrogens is 727 g/mol. The van der Waals surface area contributed by atoms with Crippen LogP contribution in [0.5, 0.6) is 0 Å². The van der Waals surface area contributed by atoms with E-state index in [0.29, 0.717) is 0 Å². The highest BCUT2D eigenvalue weighted by atomic mass is 28.4. The minimum Gasteiger partial charge on any atom is -0.404 e. The summed E-state index contributed by atoms with van der Waals surface area (Å²) in [6, 6.07) is 41.8. The van der Waals surface area contributed by atoms with Gasteiger partial charge in [-0.25, -0.2) is 4.79 Å². The van der Waals surface area contributed by atoms with Gasteiger partial charge in [0.1, 0.15) is 12.2 Å². The van der Waals surface area contributed by atoms with E-state index in [1.165, 1.54) is 16.8 Å². The lowest BCUT2D eigenvalue weighted by atomic mass is 9.97. The summed E-state index contributed by atoms with van der Waals surface area (Å²) in [5.74, 6) is 0. The van der Waals surface area contributed by atoms with Gasteiger partial charge in [0.05, 0.1) is 6.61 Å². The second kappa shape index (κ2) is 15.8. The Morgan fingerprint density at radius 2 is 1.16 bits per heavy atom. The van der Waals surface area contributed by atoms with E-state index in [-0.39, 0.29) is 13.2 Å². The van der Waals surface area contributed by atoms with Crippen molar-refractivity contribution in [3.8, 4) is 0 Å². The van der Waals surface area contributed by atoms with Crippen molar-refractivity contribution in [1.82, 2.24) is 9.55 Å². The van der Waals surface area contributed by atoms with Gasteiger partial charge in [-0.15, -0.1) is 5.16 Å². The van der Waals surface area contributed by atoms with Crippen LogP contribution >= 0.6 is 0 Å². The quantitative estimate of drug-likeness (QED) is 0.104.